The molecule has 2 fully saturated rings. The fourth-order valence-corrected chi connectivity index (χ4v) is 4.42. The van der Waals surface area contributed by atoms with E-state index < -0.39 is 0 Å². The molecular weight excluding hydrogens is 312 g/mol. The minimum absolute atomic E-state index is 0.00251. The third kappa shape index (κ3) is 2.79. The van der Waals surface area contributed by atoms with Gasteiger partial charge in [-0.25, -0.2) is 9.97 Å². The van der Waals surface area contributed by atoms with Gasteiger partial charge >= 0.3 is 0 Å². The molecule has 3 atom stereocenters. The summed E-state index contributed by atoms with van der Waals surface area (Å²) < 4.78 is 5.82. The van der Waals surface area contributed by atoms with Crippen molar-refractivity contribution in [3.8, 4) is 0 Å². The number of aryl methyl sites for hydroxylation is 1. The van der Waals surface area contributed by atoms with Crippen molar-refractivity contribution >= 4 is 33.3 Å². The van der Waals surface area contributed by atoms with E-state index in [1.54, 1.807) is 17.7 Å². The molecule has 23 heavy (non-hydrogen) atoms. The van der Waals surface area contributed by atoms with Gasteiger partial charge in [-0.3, -0.25) is 4.79 Å². The summed E-state index contributed by atoms with van der Waals surface area (Å²) in [6.45, 7) is 2.86. The van der Waals surface area contributed by atoms with E-state index in [2.05, 4.69) is 32.9 Å². The largest absolute Gasteiger partial charge is 0.376 e. The molecule has 0 aliphatic carbocycles. The summed E-state index contributed by atoms with van der Waals surface area (Å²) in [6, 6.07) is 0.135. The summed E-state index contributed by atoms with van der Waals surface area (Å²) in [7, 11) is 0. The van der Waals surface area contributed by atoms with Crippen LogP contribution in [0.1, 0.15) is 31.2 Å². The number of anilines is 1. The van der Waals surface area contributed by atoms with Gasteiger partial charge in [0.2, 0.25) is 5.91 Å². The van der Waals surface area contributed by atoms with E-state index in [1.807, 2.05) is 0 Å². The SMILES string of the molecule is Cc1csc2ncnc(N[C@@H]3CCC(=O)N[C@H]3[C@@H]3CCCO3)c12. The number of ether oxygens (including phenoxy) is 1. The molecule has 1 amide bonds. The topological polar surface area (TPSA) is 76.1 Å². The minimum atomic E-state index is 0.00251. The van der Waals surface area contributed by atoms with E-state index in [0.717, 1.165) is 41.9 Å². The van der Waals surface area contributed by atoms with Crippen LogP contribution in [-0.4, -0.2) is 40.7 Å². The molecule has 4 heterocycles. The van der Waals surface area contributed by atoms with Crippen LogP contribution < -0.4 is 10.6 Å². The summed E-state index contributed by atoms with van der Waals surface area (Å²) in [5, 5.41) is 9.86. The number of hydrogen-bond donors (Lipinski definition) is 2. The standard InChI is InChI=1S/C16H20N4O2S/c1-9-7-23-16-13(9)15(17-8-18-16)19-10-4-5-12(21)20-14(10)11-3-2-6-22-11/h7-8,10-11,14H,2-6H2,1H3,(H,20,21)(H,17,18,19)/t10-,11+,14-/m1/s1. The summed E-state index contributed by atoms with van der Waals surface area (Å²) in [5.41, 5.74) is 1.18. The van der Waals surface area contributed by atoms with Crippen LogP contribution in [0.25, 0.3) is 10.2 Å². The average molecular weight is 332 g/mol. The minimum Gasteiger partial charge on any atom is -0.376 e. The number of nitrogens with zero attached hydrogens (tertiary/aromatic N) is 2. The number of aromatic nitrogens is 2. The van der Waals surface area contributed by atoms with Crippen molar-refractivity contribution < 1.29 is 9.53 Å². The molecule has 6 nitrogen and oxygen atoms in total. The summed E-state index contributed by atoms with van der Waals surface area (Å²) in [4.78, 5) is 21.6. The van der Waals surface area contributed by atoms with E-state index in [1.165, 1.54) is 5.56 Å². The molecule has 2 N–H and O–H groups in total. The normalized spacial score (nSPS) is 28.0. The Morgan fingerprint density at radius 2 is 2.30 bits per heavy atom. The Kier molecular flexibility index (Phi) is 3.90. The Labute approximate surface area is 138 Å². The van der Waals surface area contributed by atoms with Crippen LogP contribution in [0.15, 0.2) is 11.7 Å². The number of piperidine rings is 1. The number of thiophene rings is 1. The van der Waals surface area contributed by atoms with Crippen molar-refractivity contribution in [2.75, 3.05) is 11.9 Å². The molecule has 2 aromatic rings. The van der Waals surface area contributed by atoms with Crippen molar-refractivity contribution in [3.63, 3.8) is 0 Å². The van der Waals surface area contributed by atoms with Gasteiger partial charge in [-0.05, 0) is 37.1 Å². The second kappa shape index (κ2) is 6.05. The van der Waals surface area contributed by atoms with E-state index >= 15 is 0 Å². The first kappa shape index (κ1) is 14.8. The first-order chi connectivity index (χ1) is 11.2. The van der Waals surface area contributed by atoms with E-state index in [-0.39, 0.29) is 24.1 Å². The van der Waals surface area contributed by atoms with E-state index in [9.17, 15) is 4.79 Å². The van der Waals surface area contributed by atoms with Crippen molar-refractivity contribution in [1.82, 2.24) is 15.3 Å². The van der Waals surface area contributed by atoms with Crippen LogP contribution >= 0.6 is 11.3 Å². The average Bonchev–Trinajstić information content (AvgIpc) is 3.20. The maximum atomic E-state index is 11.8. The van der Waals surface area contributed by atoms with Gasteiger partial charge < -0.3 is 15.4 Å². The van der Waals surface area contributed by atoms with E-state index in [4.69, 9.17) is 4.74 Å². The van der Waals surface area contributed by atoms with Gasteiger partial charge in [0.15, 0.2) is 0 Å². The Bertz CT molecular complexity index is 726. The first-order valence-electron chi connectivity index (χ1n) is 8.08. The van der Waals surface area contributed by atoms with Crippen LogP contribution in [0.2, 0.25) is 0 Å². The molecule has 0 saturated carbocycles. The molecule has 2 aromatic heterocycles. The Balaban J connectivity index is 1.62. The molecule has 0 unspecified atom stereocenters. The van der Waals surface area contributed by atoms with Crippen LogP contribution in [0.3, 0.4) is 0 Å². The van der Waals surface area contributed by atoms with E-state index in [0.29, 0.717) is 6.42 Å². The third-order valence-corrected chi connectivity index (χ3v) is 5.69. The van der Waals surface area contributed by atoms with Crippen LogP contribution in [-0.2, 0) is 9.53 Å². The lowest BCUT2D eigenvalue weighted by Crippen LogP contribution is -2.56. The van der Waals surface area contributed by atoms with Crippen LogP contribution in [0.5, 0.6) is 0 Å². The molecule has 4 rings (SSSR count). The zero-order valence-electron chi connectivity index (χ0n) is 13.0. The van der Waals surface area contributed by atoms with Crippen molar-refractivity contribution in [2.24, 2.45) is 0 Å². The number of hydrogen-bond acceptors (Lipinski definition) is 6. The number of fused-ring (bicyclic) bond motifs is 1. The highest BCUT2D eigenvalue weighted by Crippen LogP contribution is 2.31. The molecule has 7 heteroatoms. The predicted octanol–water partition coefficient (Wildman–Crippen LogP) is 2.24. The number of carbonyl (C=O) groups excluding carboxylic acids is 1. The van der Waals surface area contributed by atoms with Crippen LogP contribution in [0, 0.1) is 6.92 Å². The smallest absolute Gasteiger partial charge is 0.220 e. The maximum absolute atomic E-state index is 11.8. The molecule has 2 aliphatic rings. The highest BCUT2D eigenvalue weighted by Gasteiger charge is 2.37. The van der Waals surface area contributed by atoms with Gasteiger partial charge in [0.25, 0.3) is 0 Å². The summed E-state index contributed by atoms with van der Waals surface area (Å²) in [6.07, 6.45) is 5.09. The van der Waals surface area contributed by atoms with Crippen LogP contribution in [0.4, 0.5) is 5.82 Å². The fraction of sp³-hybridized carbons (Fsp3) is 0.562. The highest BCUT2D eigenvalue weighted by molar-refractivity contribution is 7.17. The Morgan fingerprint density at radius 3 is 3.13 bits per heavy atom. The third-order valence-electron chi connectivity index (χ3n) is 4.69. The lowest BCUT2D eigenvalue weighted by atomic mass is 9.92. The summed E-state index contributed by atoms with van der Waals surface area (Å²) >= 11 is 1.63. The molecule has 2 aliphatic heterocycles. The fourth-order valence-electron chi connectivity index (χ4n) is 3.53. The molecule has 0 aromatic carbocycles. The molecule has 122 valence electrons. The zero-order valence-corrected chi connectivity index (χ0v) is 13.9. The molecule has 0 spiro atoms. The zero-order chi connectivity index (χ0) is 15.8. The van der Waals surface area contributed by atoms with Crippen molar-refractivity contribution in [3.05, 3.63) is 17.3 Å². The number of amides is 1. The quantitative estimate of drug-likeness (QED) is 0.901. The Hall–Kier alpha value is -1.73. The monoisotopic (exact) mass is 332 g/mol. The van der Waals surface area contributed by atoms with Crippen molar-refractivity contribution in [2.45, 2.75) is 50.8 Å². The Morgan fingerprint density at radius 1 is 1.39 bits per heavy atom. The number of nitrogens with one attached hydrogen (secondary N) is 2. The van der Waals surface area contributed by atoms with Gasteiger partial charge in [-0.1, -0.05) is 0 Å². The van der Waals surface area contributed by atoms with Gasteiger partial charge in [0, 0.05) is 13.0 Å². The predicted molar refractivity (Wildman–Crippen MR) is 89.7 cm³/mol. The summed E-state index contributed by atoms with van der Waals surface area (Å²) in [5.74, 6) is 0.973. The van der Waals surface area contributed by atoms with Crippen molar-refractivity contribution in [1.29, 1.82) is 0 Å². The number of carbonyl (C=O) groups is 1. The van der Waals surface area contributed by atoms with Gasteiger partial charge in [-0.2, -0.15) is 0 Å². The van der Waals surface area contributed by atoms with Gasteiger partial charge in [-0.15, -0.1) is 11.3 Å². The second-order valence-electron chi connectivity index (χ2n) is 6.26. The number of rotatable bonds is 3. The molecule has 0 bridgehead atoms. The second-order valence-corrected chi connectivity index (χ2v) is 7.11. The van der Waals surface area contributed by atoms with Gasteiger partial charge in [0.05, 0.1) is 23.6 Å². The molecule has 2 saturated heterocycles. The maximum Gasteiger partial charge on any atom is 0.220 e. The highest BCUT2D eigenvalue weighted by atomic mass is 32.1. The van der Waals surface area contributed by atoms with Gasteiger partial charge in [0.1, 0.15) is 17.0 Å². The lowest BCUT2D eigenvalue weighted by Gasteiger charge is -2.36. The molecule has 0 radical (unpaired) electrons. The first-order valence-corrected chi connectivity index (χ1v) is 8.96. The molecular formula is C16H20N4O2S. The lowest BCUT2D eigenvalue weighted by molar-refractivity contribution is -0.124.